The fourth-order valence-corrected chi connectivity index (χ4v) is 3.84. The summed E-state index contributed by atoms with van der Waals surface area (Å²) in [7, 11) is -3.50. The van der Waals surface area contributed by atoms with Crippen LogP contribution in [0.1, 0.15) is 30.9 Å². The molecule has 2 atom stereocenters. The van der Waals surface area contributed by atoms with Crippen molar-refractivity contribution in [3.05, 3.63) is 35.4 Å². The molecule has 1 aliphatic heterocycles. The average molecular weight is 362 g/mol. The second kappa shape index (κ2) is 7.54. The molecule has 0 radical (unpaired) electrons. The van der Waals surface area contributed by atoms with Gasteiger partial charge in [-0.15, -0.1) is 0 Å². The van der Waals surface area contributed by atoms with E-state index < -0.39 is 39.7 Å². The summed E-state index contributed by atoms with van der Waals surface area (Å²) in [6.07, 6.45) is 1.65. The molecular formula is C15H20F2N2O4S. The summed E-state index contributed by atoms with van der Waals surface area (Å²) in [6.45, 7) is 0.0562. The number of rotatable bonds is 5. The lowest BCUT2D eigenvalue weighted by Crippen LogP contribution is -2.52. The Kier molecular flexibility index (Phi) is 5.89. The van der Waals surface area contributed by atoms with Crippen molar-refractivity contribution in [3.63, 3.8) is 0 Å². The van der Waals surface area contributed by atoms with Gasteiger partial charge in [-0.25, -0.2) is 17.2 Å². The van der Waals surface area contributed by atoms with Crippen LogP contribution in [0.25, 0.3) is 0 Å². The van der Waals surface area contributed by atoms with Gasteiger partial charge in [-0.1, -0.05) is 12.5 Å². The van der Waals surface area contributed by atoms with Gasteiger partial charge >= 0.3 is 0 Å². The number of nitrogens with zero attached hydrogens (tertiary/aromatic N) is 1. The SMILES string of the molecule is CS(=O)(=O)N1CCCC[C@@H]1C(=O)NC[C@@H](O)c1ccc(F)c(F)c1. The minimum atomic E-state index is -3.50. The van der Waals surface area contributed by atoms with E-state index in [1.807, 2.05) is 0 Å². The van der Waals surface area contributed by atoms with E-state index in [1.165, 1.54) is 6.07 Å². The van der Waals surface area contributed by atoms with Crippen molar-refractivity contribution in [3.8, 4) is 0 Å². The largest absolute Gasteiger partial charge is 0.387 e. The molecule has 2 N–H and O–H groups in total. The van der Waals surface area contributed by atoms with Crippen LogP contribution in [0.2, 0.25) is 0 Å². The molecule has 2 rings (SSSR count). The smallest absolute Gasteiger partial charge is 0.238 e. The monoisotopic (exact) mass is 362 g/mol. The lowest BCUT2D eigenvalue weighted by Gasteiger charge is -2.32. The van der Waals surface area contributed by atoms with Crippen LogP contribution in [0.3, 0.4) is 0 Å². The quantitative estimate of drug-likeness (QED) is 0.816. The van der Waals surface area contributed by atoms with E-state index in [2.05, 4.69) is 5.32 Å². The number of sulfonamides is 1. The van der Waals surface area contributed by atoms with Gasteiger partial charge in [0.2, 0.25) is 15.9 Å². The van der Waals surface area contributed by atoms with Crippen molar-refractivity contribution in [2.24, 2.45) is 0 Å². The highest BCUT2D eigenvalue weighted by Crippen LogP contribution is 2.20. The van der Waals surface area contributed by atoms with Crippen LogP contribution in [-0.4, -0.2) is 49.1 Å². The number of amides is 1. The maximum absolute atomic E-state index is 13.2. The van der Waals surface area contributed by atoms with Crippen molar-refractivity contribution in [1.82, 2.24) is 9.62 Å². The normalized spacial score (nSPS) is 20.6. The van der Waals surface area contributed by atoms with Crippen molar-refractivity contribution in [2.75, 3.05) is 19.3 Å². The number of carbonyl (C=O) groups is 1. The second-order valence-corrected chi connectivity index (χ2v) is 7.75. The van der Waals surface area contributed by atoms with Crippen LogP contribution in [0, 0.1) is 11.6 Å². The standard InChI is InChI=1S/C15H20F2N2O4S/c1-24(22,23)19-7-3-2-4-13(19)15(21)18-9-14(20)10-5-6-11(16)12(17)8-10/h5-6,8,13-14,20H,2-4,7,9H2,1H3,(H,18,21)/t13-,14-/m1/s1. The van der Waals surface area contributed by atoms with Crippen molar-refractivity contribution in [2.45, 2.75) is 31.4 Å². The highest BCUT2D eigenvalue weighted by molar-refractivity contribution is 7.88. The van der Waals surface area contributed by atoms with Gasteiger partial charge in [0.25, 0.3) is 0 Å². The molecule has 0 bridgehead atoms. The van der Waals surface area contributed by atoms with E-state index in [-0.39, 0.29) is 18.7 Å². The number of benzene rings is 1. The number of aliphatic hydroxyl groups excluding tert-OH is 1. The van der Waals surface area contributed by atoms with Crippen molar-refractivity contribution < 1.29 is 27.1 Å². The summed E-state index contributed by atoms with van der Waals surface area (Å²) in [4.78, 5) is 12.2. The molecular weight excluding hydrogens is 342 g/mol. The average Bonchev–Trinajstić information content (AvgIpc) is 2.54. The molecule has 1 saturated heterocycles. The first-order valence-electron chi connectivity index (χ1n) is 7.57. The van der Waals surface area contributed by atoms with Gasteiger partial charge in [0.15, 0.2) is 11.6 Å². The Balaban J connectivity index is 1.99. The van der Waals surface area contributed by atoms with Crippen molar-refractivity contribution >= 4 is 15.9 Å². The number of aliphatic hydroxyl groups is 1. The summed E-state index contributed by atoms with van der Waals surface area (Å²) in [5.74, 6) is -2.63. The Bertz CT molecular complexity index is 711. The molecule has 1 amide bonds. The summed E-state index contributed by atoms with van der Waals surface area (Å²) in [6, 6.07) is 2.15. The fraction of sp³-hybridized carbons (Fsp3) is 0.533. The van der Waals surface area contributed by atoms with Crippen LogP contribution in [0.15, 0.2) is 18.2 Å². The van der Waals surface area contributed by atoms with Gasteiger partial charge in [0, 0.05) is 13.1 Å². The maximum Gasteiger partial charge on any atom is 0.238 e. The highest BCUT2D eigenvalue weighted by Gasteiger charge is 2.34. The number of piperidine rings is 1. The number of hydrogen-bond donors (Lipinski definition) is 2. The van der Waals surface area contributed by atoms with Gasteiger partial charge < -0.3 is 10.4 Å². The number of halogens is 2. The zero-order chi connectivity index (χ0) is 17.9. The molecule has 1 aromatic rings. The zero-order valence-electron chi connectivity index (χ0n) is 13.2. The summed E-state index contributed by atoms with van der Waals surface area (Å²) in [5.41, 5.74) is 0.123. The Morgan fingerprint density at radius 3 is 2.71 bits per heavy atom. The number of hydrogen-bond acceptors (Lipinski definition) is 4. The van der Waals surface area contributed by atoms with Gasteiger partial charge in [0.05, 0.1) is 12.4 Å². The fourth-order valence-electron chi connectivity index (χ4n) is 2.72. The predicted molar refractivity (Wildman–Crippen MR) is 83.5 cm³/mol. The third-order valence-electron chi connectivity index (χ3n) is 3.98. The first-order valence-corrected chi connectivity index (χ1v) is 9.42. The predicted octanol–water partition coefficient (Wildman–Crippen LogP) is 0.929. The first kappa shape index (κ1) is 18.8. The molecule has 0 aromatic heterocycles. The molecule has 134 valence electrons. The molecule has 1 aromatic carbocycles. The lowest BCUT2D eigenvalue weighted by atomic mass is 10.0. The molecule has 9 heteroatoms. The number of nitrogens with one attached hydrogen (secondary N) is 1. The van der Waals surface area contributed by atoms with E-state index in [0.29, 0.717) is 12.8 Å². The van der Waals surface area contributed by atoms with E-state index >= 15 is 0 Å². The number of carbonyl (C=O) groups excluding carboxylic acids is 1. The molecule has 1 heterocycles. The summed E-state index contributed by atoms with van der Waals surface area (Å²) >= 11 is 0. The Hall–Kier alpha value is -1.58. The second-order valence-electron chi connectivity index (χ2n) is 5.82. The molecule has 6 nitrogen and oxygen atoms in total. The van der Waals surface area contributed by atoms with E-state index in [0.717, 1.165) is 29.1 Å². The highest BCUT2D eigenvalue weighted by atomic mass is 32.2. The maximum atomic E-state index is 13.2. The van der Waals surface area contributed by atoms with Crippen LogP contribution in [-0.2, 0) is 14.8 Å². The van der Waals surface area contributed by atoms with Crippen LogP contribution in [0.5, 0.6) is 0 Å². The van der Waals surface area contributed by atoms with Crippen LogP contribution >= 0.6 is 0 Å². The molecule has 1 aliphatic rings. The Morgan fingerprint density at radius 1 is 1.38 bits per heavy atom. The van der Waals surface area contributed by atoms with E-state index in [9.17, 15) is 27.1 Å². The summed E-state index contributed by atoms with van der Waals surface area (Å²) < 4.78 is 50.7. The minimum Gasteiger partial charge on any atom is -0.387 e. The van der Waals surface area contributed by atoms with Crippen molar-refractivity contribution in [1.29, 1.82) is 0 Å². The molecule has 24 heavy (non-hydrogen) atoms. The van der Waals surface area contributed by atoms with Gasteiger partial charge in [-0.05, 0) is 30.5 Å². The van der Waals surface area contributed by atoms with Crippen LogP contribution in [0.4, 0.5) is 8.78 Å². The third kappa shape index (κ3) is 4.49. The Labute approximate surface area is 139 Å². The topological polar surface area (TPSA) is 86.7 Å². The lowest BCUT2D eigenvalue weighted by molar-refractivity contribution is -0.126. The molecule has 0 saturated carbocycles. The van der Waals surface area contributed by atoms with Gasteiger partial charge in [0.1, 0.15) is 6.04 Å². The molecule has 0 spiro atoms. The van der Waals surface area contributed by atoms with Crippen LogP contribution < -0.4 is 5.32 Å². The zero-order valence-corrected chi connectivity index (χ0v) is 14.0. The molecule has 1 fully saturated rings. The molecule has 0 unspecified atom stereocenters. The minimum absolute atomic E-state index is 0.123. The van der Waals surface area contributed by atoms with E-state index in [1.54, 1.807) is 0 Å². The van der Waals surface area contributed by atoms with E-state index in [4.69, 9.17) is 0 Å². The Morgan fingerprint density at radius 2 is 2.08 bits per heavy atom. The summed E-state index contributed by atoms with van der Waals surface area (Å²) in [5, 5.41) is 12.4. The third-order valence-corrected chi connectivity index (χ3v) is 5.27. The first-order chi connectivity index (χ1) is 11.2. The molecule has 0 aliphatic carbocycles. The van der Waals surface area contributed by atoms with Gasteiger partial charge in [-0.2, -0.15) is 4.31 Å². The van der Waals surface area contributed by atoms with Gasteiger partial charge in [-0.3, -0.25) is 4.79 Å².